The summed E-state index contributed by atoms with van der Waals surface area (Å²) in [7, 11) is 3.01. The molecule has 0 radical (unpaired) electrons. The fraction of sp³-hybridized carbons (Fsp3) is 0.417. The second-order valence-corrected chi connectivity index (χ2v) is 4.11. The number of ether oxygens (including phenoxy) is 1. The van der Waals surface area contributed by atoms with Crippen LogP contribution in [0.4, 0.5) is 0 Å². The van der Waals surface area contributed by atoms with Gasteiger partial charge in [0, 0.05) is 11.1 Å². The smallest absolute Gasteiger partial charge is 0.307 e. The van der Waals surface area contributed by atoms with Crippen molar-refractivity contribution in [1.29, 1.82) is 0 Å². The number of hydrogen-bond donors (Lipinski definition) is 2. The van der Waals surface area contributed by atoms with Gasteiger partial charge < -0.3 is 15.2 Å². The molecule has 2 unspecified atom stereocenters. The Morgan fingerprint density at radius 3 is 2.53 bits per heavy atom. The summed E-state index contributed by atoms with van der Waals surface area (Å²) in [6.07, 6.45) is -0.673. The molecule has 94 valence electrons. The molecule has 5 heteroatoms. The van der Waals surface area contributed by atoms with Gasteiger partial charge in [0.15, 0.2) is 0 Å². The third-order valence-electron chi connectivity index (χ3n) is 2.58. The Bertz CT molecular complexity index is 367. The molecule has 0 heterocycles. The van der Waals surface area contributed by atoms with Gasteiger partial charge in [-0.05, 0) is 24.7 Å². The third-order valence-corrected chi connectivity index (χ3v) is 2.83. The van der Waals surface area contributed by atoms with Crippen molar-refractivity contribution in [2.75, 3.05) is 14.2 Å². The number of hydrogen-bond acceptors (Lipinski definition) is 4. The zero-order valence-electron chi connectivity index (χ0n) is 9.81. The highest BCUT2D eigenvalue weighted by molar-refractivity contribution is 6.30. The Kier molecular flexibility index (Phi) is 5.41. The lowest BCUT2D eigenvalue weighted by Gasteiger charge is -2.21. The Morgan fingerprint density at radius 2 is 2.06 bits per heavy atom. The molecule has 0 aliphatic rings. The van der Waals surface area contributed by atoms with E-state index in [0.29, 0.717) is 10.6 Å². The molecule has 17 heavy (non-hydrogen) atoms. The second-order valence-electron chi connectivity index (χ2n) is 3.67. The van der Waals surface area contributed by atoms with E-state index in [4.69, 9.17) is 11.6 Å². The molecule has 0 saturated carbocycles. The molecule has 0 saturated heterocycles. The summed E-state index contributed by atoms with van der Waals surface area (Å²) in [5.41, 5.74) is 0.706. The van der Waals surface area contributed by atoms with Crippen LogP contribution in [0.2, 0.25) is 5.02 Å². The molecule has 0 bridgehead atoms. The van der Waals surface area contributed by atoms with Crippen molar-refractivity contribution < 1.29 is 14.6 Å². The number of nitrogens with one attached hydrogen (secondary N) is 1. The molecule has 1 rings (SSSR count). The summed E-state index contributed by atoms with van der Waals surface area (Å²) >= 11 is 5.77. The fourth-order valence-corrected chi connectivity index (χ4v) is 1.65. The summed E-state index contributed by atoms with van der Waals surface area (Å²) in [6, 6.07) is 6.47. The van der Waals surface area contributed by atoms with Gasteiger partial charge in [0.25, 0.3) is 0 Å². The monoisotopic (exact) mass is 257 g/mol. The van der Waals surface area contributed by atoms with Crippen molar-refractivity contribution >= 4 is 17.6 Å². The van der Waals surface area contributed by atoms with E-state index in [-0.39, 0.29) is 18.4 Å². The van der Waals surface area contributed by atoms with Crippen molar-refractivity contribution in [2.45, 2.75) is 18.6 Å². The molecule has 0 aromatic heterocycles. The first kappa shape index (κ1) is 14.0. The SMILES string of the molecule is CNC(CC(=O)OC)C(O)c1ccc(Cl)cc1. The molecular formula is C12H16ClNO3. The predicted octanol–water partition coefficient (Wildman–Crippen LogP) is 1.52. The van der Waals surface area contributed by atoms with Crippen LogP contribution in [0.3, 0.4) is 0 Å². The molecule has 2 atom stereocenters. The summed E-state index contributed by atoms with van der Waals surface area (Å²) in [6.45, 7) is 0. The number of methoxy groups -OCH3 is 1. The molecule has 0 aliphatic heterocycles. The van der Waals surface area contributed by atoms with Crippen LogP contribution in [0.25, 0.3) is 0 Å². The summed E-state index contributed by atoms with van der Waals surface area (Å²) in [5.74, 6) is -0.364. The number of aliphatic hydroxyl groups excluding tert-OH is 1. The number of carbonyl (C=O) groups excluding carboxylic acids is 1. The van der Waals surface area contributed by atoms with Crippen molar-refractivity contribution in [1.82, 2.24) is 5.32 Å². The number of aliphatic hydroxyl groups is 1. The molecule has 0 amide bonds. The van der Waals surface area contributed by atoms with Crippen LogP contribution in [0.15, 0.2) is 24.3 Å². The van der Waals surface area contributed by atoms with Gasteiger partial charge in [-0.1, -0.05) is 23.7 Å². The highest BCUT2D eigenvalue weighted by atomic mass is 35.5. The summed E-state index contributed by atoms with van der Waals surface area (Å²) in [4.78, 5) is 11.2. The first-order valence-corrected chi connectivity index (χ1v) is 5.64. The van der Waals surface area contributed by atoms with E-state index in [1.165, 1.54) is 7.11 Å². The van der Waals surface area contributed by atoms with Crippen molar-refractivity contribution in [3.05, 3.63) is 34.9 Å². The van der Waals surface area contributed by atoms with Crippen molar-refractivity contribution in [3.63, 3.8) is 0 Å². The van der Waals surface area contributed by atoms with Crippen LogP contribution in [0.1, 0.15) is 18.1 Å². The number of halogens is 1. The maximum absolute atomic E-state index is 11.2. The molecule has 2 N–H and O–H groups in total. The molecule has 1 aromatic rings. The van der Waals surface area contributed by atoms with Crippen LogP contribution in [-0.2, 0) is 9.53 Å². The molecular weight excluding hydrogens is 242 g/mol. The minimum atomic E-state index is -0.781. The van der Waals surface area contributed by atoms with E-state index in [0.717, 1.165) is 0 Å². The zero-order chi connectivity index (χ0) is 12.8. The van der Waals surface area contributed by atoms with Gasteiger partial charge in [-0.3, -0.25) is 4.79 Å². The van der Waals surface area contributed by atoms with Crippen LogP contribution < -0.4 is 5.32 Å². The summed E-state index contributed by atoms with van der Waals surface area (Å²) in [5, 5.41) is 13.6. The number of likely N-dealkylation sites (N-methyl/N-ethyl adjacent to an activating group) is 1. The average Bonchev–Trinajstić information content (AvgIpc) is 2.35. The van der Waals surface area contributed by atoms with E-state index in [2.05, 4.69) is 10.1 Å². The maximum Gasteiger partial charge on any atom is 0.307 e. The lowest BCUT2D eigenvalue weighted by Crippen LogP contribution is -2.34. The lowest BCUT2D eigenvalue weighted by atomic mass is 10.00. The average molecular weight is 258 g/mol. The van der Waals surface area contributed by atoms with E-state index < -0.39 is 6.10 Å². The van der Waals surface area contributed by atoms with Gasteiger partial charge in [0.05, 0.1) is 19.6 Å². The normalized spacial score (nSPS) is 14.1. The Labute approximate surface area is 106 Å². The first-order valence-electron chi connectivity index (χ1n) is 5.26. The topological polar surface area (TPSA) is 58.6 Å². The number of carbonyl (C=O) groups is 1. The highest BCUT2D eigenvalue weighted by Crippen LogP contribution is 2.21. The van der Waals surface area contributed by atoms with Crippen LogP contribution in [0, 0.1) is 0 Å². The number of benzene rings is 1. The predicted molar refractivity (Wildman–Crippen MR) is 65.9 cm³/mol. The minimum absolute atomic E-state index is 0.108. The van der Waals surface area contributed by atoms with Gasteiger partial charge >= 0.3 is 5.97 Å². The van der Waals surface area contributed by atoms with Gasteiger partial charge in [0.1, 0.15) is 0 Å². The molecule has 0 spiro atoms. The second kappa shape index (κ2) is 6.59. The third kappa shape index (κ3) is 4.00. The van der Waals surface area contributed by atoms with Gasteiger partial charge in [-0.2, -0.15) is 0 Å². The quantitative estimate of drug-likeness (QED) is 0.786. The highest BCUT2D eigenvalue weighted by Gasteiger charge is 2.22. The number of esters is 1. The Balaban J connectivity index is 2.74. The largest absolute Gasteiger partial charge is 0.469 e. The standard InChI is InChI=1S/C12H16ClNO3/c1-14-10(7-11(15)17-2)12(16)8-3-5-9(13)6-4-8/h3-6,10,12,14,16H,7H2,1-2H3. The Morgan fingerprint density at radius 1 is 1.47 bits per heavy atom. The zero-order valence-corrected chi connectivity index (χ0v) is 10.6. The molecule has 0 fully saturated rings. The van der Waals surface area contributed by atoms with E-state index in [9.17, 15) is 9.90 Å². The van der Waals surface area contributed by atoms with Crippen molar-refractivity contribution in [2.24, 2.45) is 0 Å². The van der Waals surface area contributed by atoms with Gasteiger partial charge in [-0.25, -0.2) is 0 Å². The first-order chi connectivity index (χ1) is 8.08. The van der Waals surface area contributed by atoms with E-state index in [1.54, 1.807) is 31.3 Å². The number of rotatable bonds is 5. The summed E-state index contributed by atoms with van der Waals surface area (Å²) < 4.78 is 4.58. The molecule has 4 nitrogen and oxygen atoms in total. The maximum atomic E-state index is 11.2. The van der Waals surface area contributed by atoms with Gasteiger partial charge in [-0.15, -0.1) is 0 Å². The van der Waals surface area contributed by atoms with E-state index >= 15 is 0 Å². The fourth-order valence-electron chi connectivity index (χ4n) is 1.53. The van der Waals surface area contributed by atoms with Crippen LogP contribution >= 0.6 is 11.6 Å². The van der Waals surface area contributed by atoms with Crippen molar-refractivity contribution in [3.8, 4) is 0 Å². The van der Waals surface area contributed by atoms with Crippen LogP contribution in [-0.4, -0.2) is 31.3 Å². The minimum Gasteiger partial charge on any atom is -0.469 e. The van der Waals surface area contributed by atoms with E-state index in [1.807, 2.05) is 0 Å². The Hall–Kier alpha value is -1.10. The van der Waals surface area contributed by atoms with Gasteiger partial charge in [0.2, 0.25) is 0 Å². The molecule has 1 aromatic carbocycles. The lowest BCUT2D eigenvalue weighted by molar-refractivity contribution is -0.141. The molecule has 0 aliphatic carbocycles. The van der Waals surface area contributed by atoms with Crippen LogP contribution in [0.5, 0.6) is 0 Å².